The van der Waals surface area contributed by atoms with Gasteiger partial charge in [0.05, 0.1) is 12.7 Å². The van der Waals surface area contributed by atoms with Crippen molar-refractivity contribution < 1.29 is 31.8 Å². The van der Waals surface area contributed by atoms with Crippen molar-refractivity contribution >= 4 is 5.91 Å². The number of carbonyl (C=O) groups is 1. The largest absolute Gasteiger partial charge is 0.497 e. The summed E-state index contributed by atoms with van der Waals surface area (Å²) in [4.78, 5) is 12.1. The highest BCUT2D eigenvalue weighted by atomic mass is 19.4. The van der Waals surface area contributed by atoms with Gasteiger partial charge in [-0.3, -0.25) is 4.79 Å². The number of amides is 1. The van der Waals surface area contributed by atoms with E-state index >= 15 is 0 Å². The zero-order valence-electron chi connectivity index (χ0n) is 14.1. The molecule has 0 saturated carbocycles. The second-order valence-electron chi connectivity index (χ2n) is 5.39. The van der Waals surface area contributed by atoms with E-state index in [1.54, 1.807) is 0 Å². The van der Waals surface area contributed by atoms with Gasteiger partial charge in [-0.1, -0.05) is 6.07 Å². The van der Waals surface area contributed by atoms with Crippen LogP contribution in [-0.4, -0.2) is 19.4 Å². The molecule has 0 aliphatic carbocycles. The molecule has 26 heavy (non-hydrogen) atoms. The molecule has 8 heteroatoms. The van der Waals surface area contributed by atoms with Crippen LogP contribution in [0.2, 0.25) is 0 Å². The molecule has 140 valence electrons. The van der Waals surface area contributed by atoms with Crippen LogP contribution in [0.1, 0.15) is 28.4 Å². The van der Waals surface area contributed by atoms with Gasteiger partial charge in [-0.15, -0.1) is 0 Å². The van der Waals surface area contributed by atoms with Gasteiger partial charge in [-0.25, -0.2) is 4.39 Å². The van der Waals surface area contributed by atoms with Crippen LogP contribution in [0.5, 0.6) is 11.5 Å². The molecule has 0 heterocycles. The maximum absolute atomic E-state index is 13.1. The molecule has 1 amide bonds. The Hall–Kier alpha value is -2.77. The molecule has 1 N–H and O–H groups in total. The number of ether oxygens (including phenoxy) is 2. The van der Waals surface area contributed by atoms with E-state index in [0.717, 1.165) is 6.07 Å². The number of alkyl halides is 4. The van der Waals surface area contributed by atoms with Crippen LogP contribution in [0.25, 0.3) is 0 Å². The van der Waals surface area contributed by atoms with E-state index in [4.69, 9.17) is 9.47 Å². The quantitative estimate of drug-likeness (QED) is 0.769. The van der Waals surface area contributed by atoms with E-state index in [-0.39, 0.29) is 29.2 Å². The number of halogens is 4. The van der Waals surface area contributed by atoms with Crippen molar-refractivity contribution in [1.82, 2.24) is 5.32 Å². The van der Waals surface area contributed by atoms with E-state index in [1.807, 2.05) is 0 Å². The molecule has 1 unspecified atom stereocenters. The summed E-state index contributed by atoms with van der Waals surface area (Å²) < 4.78 is 61.8. The lowest BCUT2D eigenvalue weighted by atomic mass is 10.1. The molecule has 0 radical (unpaired) electrons. The van der Waals surface area contributed by atoms with Crippen molar-refractivity contribution in [3.8, 4) is 11.5 Å². The lowest BCUT2D eigenvalue weighted by molar-refractivity contribution is -0.138. The zero-order valence-corrected chi connectivity index (χ0v) is 14.1. The summed E-state index contributed by atoms with van der Waals surface area (Å²) in [5.41, 5.74) is -0.748. The fourth-order valence-electron chi connectivity index (χ4n) is 2.25. The first-order chi connectivity index (χ1) is 12.2. The minimum atomic E-state index is -4.57. The minimum absolute atomic E-state index is 0.0741. The summed E-state index contributed by atoms with van der Waals surface area (Å²) in [5, 5.41) is 2.43. The van der Waals surface area contributed by atoms with Gasteiger partial charge < -0.3 is 14.8 Å². The Labute approximate surface area is 147 Å². The van der Waals surface area contributed by atoms with Crippen LogP contribution < -0.4 is 14.8 Å². The Morgan fingerprint density at radius 2 is 1.73 bits per heavy atom. The number of hydrogen-bond donors (Lipinski definition) is 1. The van der Waals surface area contributed by atoms with E-state index in [1.165, 1.54) is 50.4 Å². The van der Waals surface area contributed by atoms with Gasteiger partial charge in [0.2, 0.25) is 6.36 Å². The highest BCUT2D eigenvalue weighted by Crippen LogP contribution is 2.34. The number of hydrogen-bond acceptors (Lipinski definition) is 3. The van der Waals surface area contributed by atoms with Crippen molar-refractivity contribution in [2.45, 2.75) is 26.0 Å². The summed E-state index contributed by atoms with van der Waals surface area (Å²) >= 11 is 0. The normalized spacial score (nSPS) is 12.4. The Kier molecular flexibility index (Phi) is 6.07. The third kappa shape index (κ3) is 5.11. The molecule has 0 bridgehead atoms. The lowest BCUT2D eigenvalue weighted by Crippen LogP contribution is -2.24. The lowest BCUT2D eigenvalue weighted by Gasteiger charge is -2.15. The third-order valence-corrected chi connectivity index (χ3v) is 3.48. The third-order valence-electron chi connectivity index (χ3n) is 3.48. The van der Waals surface area contributed by atoms with E-state index < -0.39 is 24.0 Å². The summed E-state index contributed by atoms with van der Waals surface area (Å²) in [6, 6.07) is 9.12. The van der Waals surface area contributed by atoms with Crippen molar-refractivity contribution in [2.24, 2.45) is 0 Å². The van der Waals surface area contributed by atoms with E-state index in [9.17, 15) is 22.4 Å². The van der Waals surface area contributed by atoms with Crippen LogP contribution in [0.4, 0.5) is 17.6 Å². The number of benzene rings is 2. The van der Waals surface area contributed by atoms with Gasteiger partial charge >= 0.3 is 6.18 Å². The predicted molar refractivity (Wildman–Crippen MR) is 86.8 cm³/mol. The summed E-state index contributed by atoms with van der Waals surface area (Å²) in [7, 11) is 1.27. The number of rotatable bonds is 6. The van der Waals surface area contributed by atoms with Gasteiger partial charge in [-0.2, -0.15) is 13.2 Å². The maximum Gasteiger partial charge on any atom is 0.416 e. The Morgan fingerprint density at radius 3 is 2.27 bits per heavy atom. The minimum Gasteiger partial charge on any atom is -0.497 e. The first-order valence-electron chi connectivity index (χ1n) is 7.64. The molecule has 0 fully saturated rings. The average molecular weight is 371 g/mol. The molecule has 0 saturated heterocycles. The van der Waals surface area contributed by atoms with E-state index in [0.29, 0.717) is 0 Å². The topological polar surface area (TPSA) is 47.6 Å². The Balaban J connectivity index is 2.09. The highest BCUT2D eigenvalue weighted by Gasteiger charge is 2.33. The van der Waals surface area contributed by atoms with Gasteiger partial charge in [0.1, 0.15) is 11.5 Å². The number of methoxy groups -OCH3 is 1. The first-order valence-corrected chi connectivity index (χ1v) is 7.64. The molecule has 1 atom stereocenters. The van der Waals surface area contributed by atoms with Crippen molar-refractivity contribution in [2.75, 3.05) is 7.11 Å². The summed E-state index contributed by atoms with van der Waals surface area (Å²) in [6.07, 6.45) is -6.07. The van der Waals surface area contributed by atoms with Crippen LogP contribution >= 0.6 is 0 Å². The molecule has 0 aliphatic heterocycles. The number of nitrogens with one attached hydrogen (secondary N) is 1. The SMILES string of the molecule is COc1ccc(CNC(=O)c2ccc(OC(C)F)cc2)c(C(F)(F)F)c1. The van der Waals surface area contributed by atoms with Crippen LogP contribution in [0.15, 0.2) is 42.5 Å². The fourth-order valence-corrected chi connectivity index (χ4v) is 2.25. The summed E-state index contributed by atoms with van der Waals surface area (Å²) in [6.45, 7) is 0.908. The van der Waals surface area contributed by atoms with Crippen molar-refractivity contribution in [1.29, 1.82) is 0 Å². The van der Waals surface area contributed by atoms with Gasteiger partial charge in [-0.05, 0) is 42.0 Å². The molecule has 2 aromatic carbocycles. The fraction of sp³-hybridized carbons (Fsp3) is 0.278. The van der Waals surface area contributed by atoms with Crippen LogP contribution in [0.3, 0.4) is 0 Å². The summed E-state index contributed by atoms with van der Waals surface area (Å²) in [5.74, 6) is -0.245. The second kappa shape index (κ2) is 8.07. The average Bonchev–Trinajstić information content (AvgIpc) is 2.59. The smallest absolute Gasteiger partial charge is 0.416 e. The molecule has 0 aliphatic rings. The molecule has 0 aromatic heterocycles. The van der Waals surface area contributed by atoms with Gasteiger partial charge in [0.25, 0.3) is 5.91 Å². The Bertz CT molecular complexity index is 758. The zero-order chi connectivity index (χ0) is 19.3. The molecule has 2 rings (SSSR count). The first kappa shape index (κ1) is 19.6. The Morgan fingerprint density at radius 1 is 1.12 bits per heavy atom. The van der Waals surface area contributed by atoms with Crippen molar-refractivity contribution in [3.05, 3.63) is 59.2 Å². The standard InChI is InChI=1S/C18H17F4NO3/c1-11(19)26-14-6-3-12(4-7-14)17(24)23-10-13-5-8-15(25-2)9-16(13)18(20,21)22/h3-9,11H,10H2,1-2H3,(H,23,24). The van der Waals surface area contributed by atoms with Gasteiger partial charge in [0, 0.05) is 19.0 Å². The second-order valence-corrected chi connectivity index (χ2v) is 5.39. The molecule has 2 aromatic rings. The van der Waals surface area contributed by atoms with E-state index in [2.05, 4.69) is 5.32 Å². The molecular formula is C18H17F4NO3. The van der Waals surface area contributed by atoms with Crippen LogP contribution in [0, 0.1) is 0 Å². The predicted octanol–water partition coefficient (Wildman–Crippen LogP) is 4.34. The highest BCUT2D eigenvalue weighted by molar-refractivity contribution is 5.94. The number of carbonyl (C=O) groups excluding carboxylic acids is 1. The molecule has 0 spiro atoms. The van der Waals surface area contributed by atoms with Crippen LogP contribution in [-0.2, 0) is 12.7 Å². The maximum atomic E-state index is 13.1. The monoisotopic (exact) mass is 371 g/mol. The molecular weight excluding hydrogens is 354 g/mol. The van der Waals surface area contributed by atoms with Crippen molar-refractivity contribution in [3.63, 3.8) is 0 Å². The van der Waals surface area contributed by atoms with Gasteiger partial charge in [0.15, 0.2) is 0 Å². The molecule has 4 nitrogen and oxygen atoms in total.